The van der Waals surface area contributed by atoms with Crippen LogP contribution in [0, 0.1) is 0 Å². The van der Waals surface area contributed by atoms with E-state index in [9.17, 15) is 19.5 Å². The molecule has 138 valence electrons. The lowest BCUT2D eigenvalue weighted by atomic mass is 10.2. The minimum atomic E-state index is -0.554. The zero-order valence-corrected chi connectivity index (χ0v) is 16.1. The molecular weight excluding hydrogens is 396 g/mol. The molecule has 9 heteroatoms. The first-order valence-electron chi connectivity index (χ1n) is 8.00. The molecule has 2 aliphatic rings. The van der Waals surface area contributed by atoms with Crippen molar-refractivity contribution in [1.82, 2.24) is 10.2 Å². The van der Waals surface area contributed by atoms with E-state index in [2.05, 4.69) is 5.32 Å². The average Bonchev–Trinajstić information content (AvgIpc) is 3.10. The van der Waals surface area contributed by atoms with E-state index in [-0.39, 0.29) is 24.9 Å². The third kappa shape index (κ3) is 4.62. The van der Waals surface area contributed by atoms with Gasteiger partial charge in [-0.3, -0.25) is 19.3 Å². The first kappa shape index (κ1) is 19.3. The number of imide groups is 1. The molecule has 2 saturated heterocycles. The predicted octanol–water partition coefficient (Wildman–Crippen LogP) is 2.36. The van der Waals surface area contributed by atoms with E-state index >= 15 is 0 Å². The molecule has 26 heavy (non-hydrogen) atoms. The quantitative estimate of drug-likeness (QED) is 0.722. The first-order valence-corrected chi connectivity index (χ1v) is 10.3. The number of carbonyl (C=O) groups excluding carboxylic acids is 3. The van der Waals surface area contributed by atoms with Crippen molar-refractivity contribution < 1.29 is 19.5 Å². The largest absolute Gasteiger partial charge is 0.390 e. The molecule has 2 heterocycles. The summed E-state index contributed by atoms with van der Waals surface area (Å²) in [5.74, 6) is 0.567. The molecule has 2 aliphatic heterocycles. The minimum absolute atomic E-state index is 0.0103. The normalized spacial score (nSPS) is 24.5. The fraction of sp³-hybridized carbons (Fsp3) is 0.353. The molecule has 0 aromatic heterocycles. The maximum absolute atomic E-state index is 12.4. The van der Waals surface area contributed by atoms with Crippen LogP contribution in [0.4, 0.5) is 4.79 Å². The third-order valence-corrected chi connectivity index (χ3v) is 6.29. The Morgan fingerprint density at radius 2 is 2.19 bits per heavy atom. The summed E-state index contributed by atoms with van der Waals surface area (Å²) in [7, 11) is 0. The van der Waals surface area contributed by atoms with Gasteiger partial charge in [0.25, 0.3) is 11.1 Å². The van der Waals surface area contributed by atoms with Gasteiger partial charge in [0, 0.05) is 29.5 Å². The lowest BCUT2D eigenvalue weighted by Gasteiger charge is -2.17. The molecule has 0 saturated carbocycles. The van der Waals surface area contributed by atoms with Gasteiger partial charge < -0.3 is 10.4 Å². The Kier molecular flexibility index (Phi) is 6.29. The van der Waals surface area contributed by atoms with Gasteiger partial charge in [-0.2, -0.15) is 11.8 Å². The highest BCUT2D eigenvalue weighted by Gasteiger charge is 2.35. The van der Waals surface area contributed by atoms with Crippen LogP contribution in [0.2, 0.25) is 5.02 Å². The highest BCUT2D eigenvalue weighted by molar-refractivity contribution is 8.18. The van der Waals surface area contributed by atoms with E-state index < -0.39 is 17.3 Å². The summed E-state index contributed by atoms with van der Waals surface area (Å²) in [5.41, 5.74) is 0.730. The maximum atomic E-state index is 12.4. The van der Waals surface area contributed by atoms with Gasteiger partial charge in [0.2, 0.25) is 5.91 Å². The lowest BCUT2D eigenvalue weighted by molar-refractivity contribution is -0.124. The summed E-state index contributed by atoms with van der Waals surface area (Å²) >= 11 is 8.35. The van der Waals surface area contributed by atoms with Gasteiger partial charge in [-0.05, 0) is 35.5 Å². The number of rotatable bonds is 5. The molecule has 2 atom stereocenters. The zero-order valence-electron chi connectivity index (χ0n) is 13.7. The Hall–Kier alpha value is -1.48. The summed E-state index contributed by atoms with van der Waals surface area (Å²) in [6, 6.07) is 6.71. The van der Waals surface area contributed by atoms with Crippen molar-refractivity contribution in [3.8, 4) is 0 Å². The molecule has 1 aromatic carbocycles. The zero-order chi connectivity index (χ0) is 18.7. The summed E-state index contributed by atoms with van der Waals surface area (Å²) in [5, 5.41) is 12.6. The smallest absolute Gasteiger partial charge is 0.293 e. The van der Waals surface area contributed by atoms with Crippen LogP contribution in [0.1, 0.15) is 12.0 Å². The Morgan fingerprint density at radius 1 is 1.38 bits per heavy atom. The van der Waals surface area contributed by atoms with Gasteiger partial charge in [-0.1, -0.05) is 23.7 Å². The number of aliphatic hydroxyl groups is 1. The first-order chi connectivity index (χ1) is 12.4. The molecule has 3 rings (SSSR count). The second kappa shape index (κ2) is 8.47. The van der Waals surface area contributed by atoms with Crippen molar-refractivity contribution in [1.29, 1.82) is 0 Å². The summed E-state index contributed by atoms with van der Waals surface area (Å²) in [6.45, 7) is 0.0132. The van der Waals surface area contributed by atoms with E-state index in [0.717, 1.165) is 22.2 Å². The molecule has 0 spiro atoms. The van der Waals surface area contributed by atoms with Gasteiger partial charge in [-0.25, -0.2) is 0 Å². The Balaban J connectivity index is 1.58. The fourth-order valence-corrected chi connectivity index (χ4v) is 4.85. The van der Waals surface area contributed by atoms with Crippen molar-refractivity contribution in [2.75, 3.05) is 18.1 Å². The fourth-order valence-electron chi connectivity index (χ4n) is 2.61. The summed E-state index contributed by atoms with van der Waals surface area (Å²) in [4.78, 5) is 37.9. The van der Waals surface area contributed by atoms with E-state index in [1.807, 2.05) is 0 Å². The number of thioether (sulfide) groups is 2. The van der Waals surface area contributed by atoms with Gasteiger partial charge in [0.15, 0.2) is 0 Å². The van der Waals surface area contributed by atoms with Crippen molar-refractivity contribution in [2.45, 2.75) is 18.6 Å². The van der Waals surface area contributed by atoms with Crippen LogP contribution >= 0.6 is 35.1 Å². The molecule has 2 N–H and O–H groups in total. The molecule has 2 fully saturated rings. The third-order valence-electron chi connectivity index (χ3n) is 3.98. The van der Waals surface area contributed by atoms with E-state index in [4.69, 9.17) is 11.6 Å². The predicted molar refractivity (Wildman–Crippen MR) is 104 cm³/mol. The van der Waals surface area contributed by atoms with Crippen LogP contribution in [0.15, 0.2) is 29.2 Å². The molecule has 1 aromatic rings. The lowest BCUT2D eigenvalue weighted by Crippen LogP contribution is -2.43. The molecule has 0 aliphatic carbocycles. The summed E-state index contributed by atoms with van der Waals surface area (Å²) in [6.07, 6.45) is 1.07. The molecule has 0 radical (unpaired) electrons. The molecule has 6 nitrogen and oxygen atoms in total. The van der Waals surface area contributed by atoms with Crippen LogP contribution in [0.25, 0.3) is 6.08 Å². The molecule has 0 bridgehead atoms. The Morgan fingerprint density at radius 3 is 2.88 bits per heavy atom. The van der Waals surface area contributed by atoms with Crippen molar-refractivity contribution in [3.05, 3.63) is 39.8 Å². The standard InChI is InChI=1S/C17H17ClN2O4S2/c18-11-3-1-2-10(6-11)7-14-16(23)20(17(24)26-14)5-4-15(22)19-12-8-25-9-13(12)21/h1-3,6-7,12-13,21H,4-5,8-9H2,(H,19,22)/t12-,13+/m1/s1. The second-order valence-corrected chi connectivity index (χ2v) is 8.42. The van der Waals surface area contributed by atoms with Crippen LogP contribution in [-0.2, 0) is 9.59 Å². The number of aliphatic hydroxyl groups excluding tert-OH is 1. The Labute approximate surface area is 164 Å². The van der Waals surface area contributed by atoms with Crippen LogP contribution in [0.5, 0.6) is 0 Å². The van der Waals surface area contributed by atoms with Gasteiger partial charge >= 0.3 is 0 Å². The number of benzene rings is 1. The highest BCUT2D eigenvalue weighted by Crippen LogP contribution is 2.32. The van der Waals surface area contributed by atoms with Crippen molar-refractivity contribution in [3.63, 3.8) is 0 Å². The number of amides is 3. The maximum Gasteiger partial charge on any atom is 0.293 e. The number of hydrogen-bond donors (Lipinski definition) is 2. The molecule has 0 unspecified atom stereocenters. The average molecular weight is 413 g/mol. The van der Waals surface area contributed by atoms with Crippen LogP contribution < -0.4 is 5.32 Å². The Bertz CT molecular complexity index is 771. The second-order valence-electron chi connectivity index (χ2n) is 5.92. The highest BCUT2D eigenvalue weighted by atomic mass is 35.5. The number of halogens is 1. The number of nitrogens with zero attached hydrogens (tertiary/aromatic N) is 1. The molecule has 3 amide bonds. The van der Waals surface area contributed by atoms with Gasteiger partial charge in [0.1, 0.15) is 0 Å². The van der Waals surface area contributed by atoms with Gasteiger partial charge in [0.05, 0.1) is 17.1 Å². The monoisotopic (exact) mass is 412 g/mol. The number of carbonyl (C=O) groups is 3. The van der Waals surface area contributed by atoms with Crippen molar-refractivity contribution in [2.24, 2.45) is 0 Å². The topological polar surface area (TPSA) is 86.7 Å². The summed E-state index contributed by atoms with van der Waals surface area (Å²) < 4.78 is 0. The van der Waals surface area contributed by atoms with E-state index in [1.165, 1.54) is 0 Å². The SMILES string of the molecule is O=C(CCN1C(=O)SC(=Cc2cccc(Cl)c2)C1=O)N[C@@H]1CSC[C@@H]1O. The number of nitrogens with one attached hydrogen (secondary N) is 1. The van der Waals surface area contributed by atoms with E-state index in [0.29, 0.717) is 21.4 Å². The number of hydrogen-bond acceptors (Lipinski definition) is 6. The minimum Gasteiger partial charge on any atom is -0.390 e. The van der Waals surface area contributed by atoms with Crippen molar-refractivity contribution >= 4 is 58.3 Å². The van der Waals surface area contributed by atoms with Crippen LogP contribution in [0.3, 0.4) is 0 Å². The van der Waals surface area contributed by atoms with Crippen LogP contribution in [-0.4, -0.2) is 57.3 Å². The molecular formula is C17H17ClN2O4S2. The van der Waals surface area contributed by atoms with E-state index in [1.54, 1.807) is 42.1 Å². The van der Waals surface area contributed by atoms with Gasteiger partial charge in [-0.15, -0.1) is 0 Å².